The van der Waals surface area contributed by atoms with Gasteiger partial charge in [0.2, 0.25) is 0 Å². The molecule has 0 fully saturated rings. The van der Waals surface area contributed by atoms with Crippen molar-refractivity contribution in [1.29, 1.82) is 0 Å². The van der Waals surface area contributed by atoms with Crippen molar-refractivity contribution in [2.24, 2.45) is 0 Å². The van der Waals surface area contributed by atoms with Gasteiger partial charge in [0.15, 0.2) is 0 Å². The first-order chi connectivity index (χ1) is 16.5. The van der Waals surface area contributed by atoms with Gasteiger partial charge >= 0.3 is 5.97 Å². The van der Waals surface area contributed by atoms with E-state index in [1.54, 1.807) is 11.3 Å². The summed E-state index contributed by atoms with van der Waals surface area (Å²) in [6.07, 6.45) is 3.31. The minimum Gasteiger partial charge on any atom is -0.493 e. The fourth-order valence-corrected chi connectivity index (χ4v) is 4.46. The van der Waals surface area contributed by atoms with Crippen LogP contribution in [-0.2, 0) is 11.3 Å². The first-order valence-corrected chi connectivity index (χ1v) is 12.7. The lowest BCUT2D eigenvalue weighted by molar-refractivity contribution is -0.137. The van der Waals surface area contributed by atoms with Crippen molar-refractivity contribution in [2.45, 2.75) is 58.5 Å². The van der Waals surface area contributed by atoms with Gasteiger partial charge in [-0.15, -0.1) is 11.3 Å². The van der Waals surface area contributed by atoms with Gasteiger partial charge in [0.25, 0.3) is 5.91 Å². The maximum absolute atomic E-state index is 13.5. The van der Waals surface area contributed by atoms with E-state index in [0.717, 1.165) is 36.1 Å². The lowest BCUT2D eigenvalue weighted by atomic mass is 10.1. The molecular weight excluding hydrogens is 446 g/mol. The topological polar surface area (TPSA) is 66.8 Å². The molecule has 0 aliphatic carbocycles. The summed E-state index contributed by atoms with van der Waals surface area (Å²) in [5.74, 6) is 0.0210. The van der Waals surface area contributed by atoms with Crippen molar-refractivity contribution >= 4 is 23.2 Å². The normalized spacial score (nSPS) is 11.7. The van der Waals surface area contributed by atoms with Crippen LogP contribution < -0.4 is 4.74 Å². The molecule has 1 atom stereocenters. The fourth-order valence-electron chi connectivity index (χ4n) is 3.73. The van der Waals surface area contributed by atoms with Crippen LogP contribution in [0, 0.1) is 0 Å². The molecule has 3 aromatic rings. The largest absolute Gasteiger partial charge is 0.493 e. The molecule has 0 saturated heterocycles. The molecule has 5 nitrogen and oxygen atoms in total. The average molecular weight is 480 g/mol. The Balaban J connectivity index is 1.68. The van der Waals surface area contributed by atoms with Gasteiger partial charge in [-0.2, -0.15) is 0 Å². The minimum atomic E-state index is -0.762. The molecule has 2 aromatic carbocycles. The Bertz CT molecular complexity index is 1050. The molecule has 34 heavy (non-hydrogen) atoms. The van der Waals surface area contributed by atoms with Crippen molar-refractivity contribution in [3.05, 3.63) is 77.2 Å². The number of hydrogen-bond donors (Lipinski definition) is 1. The Kier molecular flexibility index (Phi) is 9.71. The zero-order valence-electron chi connectivity index (χ0n) is 19.9. The Morgan fingerprint density at radius 1 is 1.00 bits per heavy atom. The molecular formula is C28H33NO4S. The lowest BCUT2D eigenvalue weighted by Crippen LogP contribution is -2.37. The van der Waals surface area contributed by atoms with Crippen LogP contribution in [0.1, 0.15) is 61.9 Å². The zero-order chi connectivity index (χ0) is 24.3. The van der Waals surface area contributed by atoms with Gasteiger partial charge in [-0.25, -0.2) is 0 Å². The van der Waals surface area contributed by atoms with Gasteiger partial charge in [0.1, 0.15) is 5.75 Å². The molecule has 1 N–H and O–H groups in total. The number of benzene rings is 2. The molecule has 0 spiro atoms. The molecule has 0 radical (unpaired) electrons. The molecule has 0 aliphatic heterocycles. The minimum absolute atomic E-state index is 0.00977. The number of aliphatic carboxylic acids is 1. The summed E-state index contributed by atoms with van der Waals surface area (Å²) in [5.41, 5.74) is 2.76. The number of carbonyl (C=O) groups is 2. The molecule has 6 heteroatoms. The Labute approximate surface area is 206 Å². The number of amides is 1. The summed E-state index contributed by atoms with van der Waals surface area (Å²) in [6, 6.07) is 19.8. The van der Waals surface area contributed by atoms with E-state index in [4.69, 9.17) is 9.84 Å². The number of thiophene rings is 1. The highest BCUT2D eigenvalue weighted by Gasteiger charge is 2.22. The number of nitrogens with zero attached hydrogens (tertiary/aromatic N) is 1. The average Bonchev–Trinajstić information content (AvgIpc) is 3.39. The molecule has 0 bridgehead atoms. The molecule has 0 aliphatic rings. The smallest absolute Gasteiger partial charge is 0.303 e. The second kappa shape index (κ2) is 12.9. The summed E-state index contributed by atoms with van der Waals surface area (Å²) in [4.78, 5) is 27.2. The molecule has 1 aromatic heterocycles. The van der Waals surface area contributed by atoms with Crippen LogP contribution in [0.15, 0.2) is 66.0 Å². The van der Waals surface area contributed by atoms with Crippen molar-refractivity contribution in [2.75, 3.05) is 6.61 Å². The molecule has 1 unspecified atom stereocenters. The van der Waals surface area contributed by atoms with E-state index in [2.05, 4.69) is 25.3 Å². The fraction of sp³-hybridized carbons (Fsp3) is 0.357. The van der Waals surface area contributed by atoms with Crippen molar-refractivity contribution < 1.29 is 19.4 Å². The second-order valence-corrected chi connectivity index (χ2v) is 9.35. The number of carbonyl (C=O) groups excluding carboxylic acids is 1. The Morgan fingerprint density at radius 3 is 2.44 bits per heavy atom. The number of unbranched alkanes of at least 4 members (excludes halogenated alkanes) is 2. The zero-order valence-corrected chi connectivity index (χ0v) is 20.7. The predicted octanol–water partition coefficient (Wildman–Crippen LogP) is 6.88. The van der Waals surface area contributed by atoms with E-state index >= 15 is 0 Å². The van der Waals surface area contributed by atoms with Crippen LogP contribution in [0.3, 0.4) is 0 Å². The van der Waals surface area contributed by atoms with E-state index in [1.807, 2.05) is 59.5 Å². The first-order valence-electron chi connectivity index (χ1n) is 11.9. The number of ether oxygens (including phenoxy) is 1. The van der Waals surface area contributed by atoms with Crippen molar-refractivity contribution in [3.63, 3.8) is 0 Å². The second-order valence-electron chi connectivity index (χ2n) is 8.41. The summed E-state index contributed by atoms with van der Waals surface area (Å²) in [6.45, 7) is 5.15. The first kappa shape index (κ1) is 25.5. The number of hydrogen-bond acceptors (Lipinski definition) is 4. The molecule has 180 valence electrons. The van der Waals surface area contributed by atoms with Gasteiger partial charge in [-0.05, 0) is 67.8 Å². The quantitative estimate of drug-likeness (QED) is 0.271. The van der Waals surface area contributed by atoms with Gasteiger partial charge in [-0.1, -0.05) is 43.3 Å². The van der Waals surface area contributed by atoms with Crippen LogP contribution in [0.25, 0.3) is 10.4 Å². The highest BCUT2D eigenvalue weighted by Crippen LogP contribution is 2.27. The number of carboxylic acid groups (broad SMARTS) is 1. The molecule has 1 amide bonds. The van der Waals surface area contributed by atoms with Crippen LogP contribution >= 0.6 is 11.3 Å². The Morgan fingerprint density at radius 2 is 1.76 bits per heavy atom. The van der Waals surface area contributed by atoms with E-state index in [9.17, 15) is 9.59 Å². The van der Waals surface area contributed by atoms with Crippen LogP contribution in [0.5, 0.6) is 5.75 Å². The SMILES string of the molecule is CCC(C)N(Cc1ccccc1OCCCCCC(=O)O)C(=O)c1ccc(-c2cccs2)cc1. The maximum atomic E-state index is 13.5. The number of rotatable bonds is 13. The van der Waals surface area contributed by atoms with E-state index in [-0.39, 0.29) is 18.4 Å². The highest BCUT2D eigenvalue weighted by molar-refractivity contribution is 7.13. The predicted molar refractivity (Wildman–Crippen MR) is 137 cm³/mol. The number of para-hydroxylation sites is 1. The van der Waals surface area contributed by atoms with Crippen molar-refractivity contribution in [1.82, 2.24) is 4.90 Å². The Hall–Kier alpha value is -3.12. The maximum Gasteiger partial charge on any atom is 0.303 e. The van der Waals surface area contributed by atoms with Crippen molar-refractivity contribution in [3.8, 4) is 16.2 Å². The van der Waals surface area contributed by atoms with Gasteiger partial charge in [-0.3, -0.25) is 9.59 Å². The third-order valence-corrected chi connectivity index (χ3v) is 6.85. The lowest BCUT2D eigenvalue weighted by Gasteiger charge is -2.29. The van der Waals surface area contributed by atoms with Gasteiger partial charge in [0.05, 0.1) is 6.61 Å². The third-order valence-electron chi connectivity index (χ3n) is 5.93. The molecule has 1 heterocycles. The highest BCUT2D eigenvalue weighted by atomic mass is 32.1. The van der Waals surface area contributed by atoms with Crippen LogP contribution in [-0.4, -0.2) is 34.5 Å². The molecule has 3 rings (SSSR count). The summed E-state index contributed by atoms with van der Waals surface area (Å²) in [5, 5.41) is 10.8. The van der Waals surface area contributed by atoms with Gasteiger partial charge < -0.3 is 14.7 Å². The van der Waals surface area contributed by atoms with Crippen LogP contribution in [0.2, 0.25) is 0 Å². The standard InChI is InChI=1S/C28H33NO4S/c1-3-21(2)29(28(32)23-16-14-22(15-17-23)26-12-9-19-34-26)20-24-10-6-7-11-25(24)33-18-8-4-5-13-27(30)31/h6-7,9-12,14-17,19,21H,3-5,8,13,18,20H2,1-2H3,(H,30,31). The summed E-state index contributed by atoms with van der Waals surface area (Å²) < 4.78 is 6.02. The van der Waals surface area contributed by atoms with Crippen LogP contribution in [0.4, 0.5) is 0 Å². The number of carboxylic acids is 1. The third kappa shape index (κ3) is 7.19. The van der Waals surface area contributed by atoms with E-state index in [0.29, 0.717) is 25.1 Å². The van der Waals surface area contributed by atoms with E-state index in [1.165, 1.54) is 4.88 Å². The van der Waals surface area contributed by atoms with E-state index < -0.39 is 5.97 Å². The monoisotopic (exact) mass is 479 g/mol. The molecule has 0 saturated carbocycles. The summed E-state index contributed by atoms with van der Waals surface area (Å²) in [7, 11) is 0. The van der Waals surface area contributed by atoms with Gasteiger partial charge in [0, 0.05) is 35.0 Å². The summed E-state index contributed by atoms with van der Waals surface area (Å²) >= 11 is 1.68.